The van der Waals surface area contributed by atoms with Crippen LogP contribution in [0.3, 0.4) is 0 Å². The first kappa shape index (κ1) is 49.9. The van der Waals surface area contributed by atoms with Gasteiger partial charge in [-0.3, -0.25) is 9.59 Å². The lowest BCUT2D eigenvalue weighted by Gasteiger charge is -2.21. The van der Waals surface area contributed by atoms with Crippen molar-refractivity contribution in [1.82, 2.24) is 9.97 Å². The molecule has 2 aromatic heterocycles. The van der Waals surface area contributed by atoms with E-state index in [4.69, 9.17) is 19.2 Å². The number of benzene rings is 4. The summed E-state index contributed by atoms with van der Waals surface area (Å²) in [5, 5.41) is 0. The number of nitrogens with zero attached hydrogens (tertiary/aromatic N) is 2. The lowest BCUT2D eigenvalue weighted by Crippen LogP contribution is -2.14. The van der Waals surface area contributed by atoms with E-state index in [1.165, 1.54) is 36.4 Å². The smallest absolute Gasteiger partial charge is 0.416 e. The molecule has 14 heteroatoms. The van der Waals surface area contributed by atoms with Gasteiger partial charge in [-0.1, -0.05) is 81.3 Å². The maximum Gasteiger partial charge on any atom is 0.416 e. The highest BCUT2D eigenvalue weighted by molar-refractivity contribution is 5.85. The van der Waals surface area contributed by atoms with Gasteiger partial charge in [0.05, 0.1) is 46.7 Å². The number of pyridine rings is 2. The average Bonchev–Trinajstić information content (AvgIpc) is 3.31. The normalized spacial score (nSPS) is 12.6. The molecule has 2 heterocycles. The van der Waals surface area contributed by atoms with E-state index in [2.05, 4.69) is 11.9 Å². The van der Waals surface area contributed by atoms with Crippen molar-refractivity contribution >= 4 is 11.9 Å². The van der Waals surface area contributed by atoms with Crippen molar-refractivity contribution in [3.63, 3.8) is 0 Å². The predicted molar refractivity (Wildman–Crippen MR) is 240 cm³/mol. The Bertz CT molecular complexity index is 2420. The fourth-order valence-corrected chi connectivity index (χ4v) is 7.38. The van der Waals surface area contributed by atoms with Crippen LogP contribution in [0.4, 0.5) is 30.7 Å². The van der Waals surface area contributed by atoms with Crippen LogP contribution in [0.25, 0.3) is 22.5 Å². The molecule has 352 valence electrons. The topological polar surface area (TPSA) is 87.6 Å². The summed E-state index contributed by atoms with van der Waals surface area (Å²) in [6.07, 6.45) is -5.30. The van der Waals surface area contributed by atoms with Crippen molar-refractivity contribution < 1.29 is 54.5 Å². The molecule has 7 nitrogen and oxygen atoms in total. The van der Waals surface area contributed by atoms with Crippen molar-refractivity contribution in [2.24, 2.45) is 0 Å². The van der Waals surface area contributed by atoms with Crippen LogP contribution in [-0.4, -0.2) is 21.9 Å². The largest absolute Gasteiger partial charge is 0.484 e. The van der Waals surface area contributed by atoms with E-state index in [0.717, 1.165) is 61.1 Å². The third kappa shape index (κ3) is 14.2. The fraction of sp³-hybridized carbons (Fsp3) is 0.321. The molecule has 0 aliphatic rings. The minimum absolute atomic E-state index is 0.0305. The van der Waals surface area contributed by atoms with E-state index in [1.54, 1.807) is 36.4 Å². The predicted octanol–water partition coefficient (Wildman–Crippen LogP) is 14.6. The van der Waals surface area contributed by atoms with Crippen LogP contribution in [0, 0.1) is 12.7 Å². The van der Waals surface area contributed by atoms with Gasteiger partial charge in [0.25, 0.3) is 0 Å². The molecule has 4 aromatic carbocycles. The maximum absolute atomic E-state index is 15.4. The zero-order chi connectivity index (χ0) is 48.1. The van der Waals surface area contributed by atoms with Crippen LogP contribution in [0.2, 0.25) is 0 Å². The second kappa shape index (κ2) is 22.8. The molecular weight excluding hydrogens is 878 g/mol. The molecule has 0 saturated carbocycles. The van der Waals surface area contributed by atoms with Crippen molar-refractivity contribution in [2.75, 3.05) is 0 Å². The first-order valence-electron chi connectivity index (χ1n) is 22.2. The Morgan fingerprint density at radius 2 is 1.00 bits per heavy atom. The average molecular weight is 929 g/mol. The number of aromatic nitrogens is 2. The van der Waals surface area contributed by atoms with Crippen LogP contribution in [0.15, 0.2) is 121 Å². The van der Waals surface area contributed by atoms with Gasteiger partial charge in [-0.25, -0.2) is 14.4 Å². The summed E-state index contributed by atoms with van der Waals surface area (Å²) in [5.74, 6) is -1.53. The Labute approximate surface area is 385 Å². The van der Waals surface area contributed by atoms with Crippen LogP contribution < -0.4 is 9.47 Å². The number of ether oxygens (including phenoxy) is 3. The Hall–Kier alpha value is -6.57. The third-order valence-electron chi connectivity index (χ3n) is 11.1. The van der Waals surface area contributed by atoms with Crippen LogP contribution in [0.5, 0.6) is 11.5 Å². The van der Waals surface area contributed by atoms with E-state index >= 15 is 4.39 Å². The van der Waals surface area contributed by atoms with Gasteiger partial charge in [-0.15, -0.1) is 0 Å². The number of aryl methyl sites for hydroxylation is 3. The molecule has 67 heavy (non-hydrogen) atoms. The van der Waals surface area contributed by atoms with Gasteiger partial charge in [0.15, 0.2) is 11.6 Å². The number of hydrogen-bond donors (Lipinski definition) is 0. The third-order valence-corrected chi connectivity index (χ3v) is 11.1. The number of esters is 2. The van der Waals surface area contributed by atoms with Crippen LogP contribution in [0.1, 0.15) is 117 Å². The quantitative estimate of drug-likeness (QED) is 0.0428. The highest BCUT2D eigenvalue weighted by Gasteiger charge is 2.31. The molecule has 6 aromatic rings. The lowest BCUT2D eigenvalue weighted by atomic mass is 10.0. The van der Waals surface area contributed by atoms with E-state index < -0.39 is 53.4 Å². The van der Waals surface area contributed by atoms with Gasteiger partial charge < -0.3 is 14.2 Å². The number of halogens is 7. The SMILES string of the molecule is CCCC[C@H](Oc1ccc(CCC(=O)OC(=O)CCc2ccc(O[C@@H](CCCC)c3cccc(-c4ccc(C(F)(F)F)cc4)n3)c(F)c2)cc1C)c1cccc(-c2ccc(C(F)(F)F)cc2)n1. The van der Waals surface area contributed by atoms with Gasteiger partial charge in [-0.05, 0) is 129 Å². The molecule has 0 N–H and O–H groups in total. The van der Waals surface area contributed by atoms with Crippen molar-refractivity contribution in [1.29, 1.82) is 0 Å². The summed E-state index contributed by atoms with van der Waals surface area (Å²) in [6.45, 7) is 5.94. The van der Waals surface area contributed by atoms with E-state index in [9.17, 15) is 35.9 Å². The highest BCUT2D eigenvalue weighted by atomic mass is 19.4. The lowest BCUT2D eigenvalue weighted by molar-refractivity contribution is -0.159. The Kier molecular flexibility index (Phi) is 16.9. The van der Waals surface area contributed by atoms with Gasteiger partial charge in [0.2, 0.25) is 0 Å². The molecule has 0 unspecified atom stereocenters. The molecule has 0 aliphatic carbocycles. The molecule has 0 saturated heterocycles. The Morgan fingerprint density at radius 3 is 1.42 bits per heavy atom. The van der Waals surface area contributed by atoms with E-state index in [0.29, 0.717) is 64.5 Å². The molecule has 0 aliphatic heterocycles. The summed E-state index contributed by atoms with van der Waals surface area (Å²) in [5.41, 5.74) is 3.76. The monoisotopic (exact) mass is 928 g/mol. The minimum Gasteiger partial charge on any atom is -0.484 e. The number of hydrogen-bond acceptors (Lipinski definition) is 7. The Morgan fingerprint density at radius 1 is 0.567 bits per heavy atom. The number of alkyl halides is 6. The number of carbonyl (C=O) groups excluding carboxylic acids is 2. The number of rotatable bonds is 20. The highest BCUT2D eigenvalue weighted by Crippen LogP contribution is 2.35. The molecular formula is C53H51F7N2O5. The van der Waals surface area contributed by atoms with Gasteiger partial charge >= 0.3 is 24.3 Å². The minimum atomic E-state index is -4.46. The number of carbonyl (C=O) groups is 2. The Balaban J connectivity index is 0.999. The standard InChI is InChI=1S/C53H51F7N2O5/c1-4-6-14-48(44-12-8-10-42(61-44)37-20-24-39(25-21-37)52(55,56)57)65-46-28-16-35(32-34(46)3)18-30-50(63)67-51(64)31-19-36-17-29-47(41(54)33-36)66-49(15-7-5-2)45-13-9-11-43(62-45)38-22-26-40(27-23-38)53(58,59)60/h8-13,16-17,20-29,32-33,48-49H,4-7,14-15,18-19,30-31H2,1-3H3/t48-,49-/m0/s1. The van der Waals surface area contributed by atoms with Gasteiger partial charge in [0.1, 0.15) is 18.0 Å². The first-order chi connectivity index (χ1) is 32.0. The molecule has 0 spiro atoms. The molecule has 6 rings (SSSR count). The molecule has 2 atom stereocenters. The second-order valence-corrected chi connectivity index (χ2v) is 16.3. The molecule has 0 bridgehead atoms. The summed E-state index contributed by atoms with van der Waals surface area (Å²) in [6, 6.07) is 29.9. The van der Waals surface area contributed by atoms with Crippen molar-refractivity contribution in [3.05, 3.63) is 166 Å². The zero-order valence-corrected chi connectivity index (χ0v) is 37.4. The fourth-order valence-electron chi connectivity index (χ4n) is 7.38. The summed E-state index contributed by atoms with van der Waals surface area (Å²) in [7, 11) is 0. The van der Waals surface area contributed by atoms with E-state index in [-0.39, 0.29) is 25.0 Å². The second-order valence-electron chi connectivity index (χ2n) is 16.3. The van der Waals surface area contributed by atoms with Crippen molar-refractivity contribution in [3.8, 4) is 34.0 Å². The van der Waals surface area contributed by atoms with Gasteiger partial charge in [-0.2, -0.15) is 26.3 Å². The molecule has 0 amide bonds. The zero-order valence-electron chi connectivity index (χ0n) is 37.4. The summed E-state index contributed by atoms with van der Waals surface area (Å²) < 4.78 is 112. The van der Waals surface area contributed by atoms with E-state index in [1.807, 2.05) is 38.1 Å². The number of unbranched alkanes of at least 4 members (excludes halogenated alkanes) is 2. The van der Waals surface area contributed by atoms with Crippen LogP contribution in [-0.2, 0) is 39.5 Å². The van der Waals surface area contributed by atoms with Crippen molar-refractivity contribution in [2.45, 2.75) is 110 Å². The van der Waals surface area contributed by atoms with Gasteiger partial charge in [0, 0.05) is 11.1 Å². The maximum atomic E-state index is 15.4. The first-order valence-corrected chi connectivity index (χ1v) is 22.2. The molecule has 0 fully saturated rings. The summed E-state index contributed by atoms with van der Waals surface area (Å²) in [4.78, 5) is 34.7. The molecule has 0 radical (unpaired) electrons. The summed E-state index contributed by atoms with van der Waals surface area (Å²) >= 11 is 0. The van der Waals surface area contributed by atoms with Crippen LogP contribution >= 0.6 is 0 Å².